The number of oxime groups is 1. The molecule has 226 valence electrons. The molecule has 0 bridgehead atoms. The van der Waals surface area contributed by atoms with Gasteiger partial charge in [0, 0.05) is 16.7 Å². The van der Waals surface area contributed by atoms with Crippen LogP contribution in [-0.4, -0.2) is 79.0 Å². The molecule has 1 saturated heterocycles. The fourth-order valence-electron chi connectivity index (χ4n) is 4.69. The number of nitrogens with two attached hydrogens (primary N) is 1. The SMILES string of the molecule is C[C@@H](NC=O)c1n2ccsc2c[n+]1CC1=C(C(=O)[O-])N2C(=O)[C@@H](NC(=O)/C(=N\OCC(=O)O)c3nc(N)sc3Cl)[C@H]2SC1. The number of rotatable bonds is 12. The lowest BCUT2D eigenvalue weighted by molar-refractivity contribution is -0.696. The quantitative estimate of drug-likeness (QED) is 0.0583. The van der Waals surface area contributed by atoms with E-state index in [0.29, 0.717) is 17.8 Å². The highest BCUT2D eigenvalue weighted by Crippen LogP contribution is 2.40. The van der Waals surface area contributed by atoms with Crippen molar-refractivity contribution < 1.29 is 43.6 Å². The number of aromatic nitrogens is 3. The van der Waals surface area contributed by atoms with E-state index < -0.39 is 53.5 Å². The highest BCUT2D eigenvalue weighted by atomic mass is 35.5. The third-order valence-electron chi connectivity index (χ3n) is 6.42. The van der Waals surface area contributed by atoms with Crippen molar-refractivity contribution >= 4 is 91.9 Å². The standard InChI is InChI=1S/C23H21ClN8O8S3/c1-9(26-8-33)19-30(5-11-31(19)2-3-41-11)4-10-7-42-21-15(20(37)32(21)16(10)22(38)39)27-18(36)14(29-40-6-12(34)35)13-17(24)43-23(25)28-13/h2-3,5,8-9,15,21H,4,6-7H2,1H3,(H5-,25,26,27,28,33,34,35,36,38,39)/b29-14-/t9-,15-,21-/m1/s1. The summed E-state index contributed by atoms with van der Waals surface area (Å²) in [6.07, 6.45) is 4.23. The Hall–Kier alpha value is -4.20. The van der Waals surface area contributed by atoms with Crippen LogP contribution in [-0.2, 0) is 35.4 Å². The minimum atomic E-state index is -1.56. The molecule has 0 unspecified atom stereocenters. The molecule has 16 nitrogen and oxygen atoms in total. The van der Waals surface area contributed by atoms with Crippen LogP contribution in [0.2, 0.25) is 4.34 Å². The predicted molar refractivity (Wildman–Crippen MR) is 152 cm³/mol. The zero-order valence-electron chi connectivity index (χ0n) is 21.9. The summed E-state index contributed by atoms with van der Waals surface area (Å²) >= 11 is 9.64. The van der Waals surface area contributed by atoms with Crippen LogP contribution in [0.4, 0.5) is 5.13 Å². The molecule has 3 aromatic rings. The fourth-order valence-corrected chi connectivity index (χ4v) is 7.73. The van der Waals surface area contributed by atoms with Gasteiger partial charge in [-0.25, -0.2) is 14.3 Å². The molecule has 3 atom stereocenters. The number of halogens is 1. The number of nitrogens with zero attached hydrogens (tertiary/aromatic N) is 5. The molecule has 43 heavy (non-hydrogen) atoms. The zero-order chi connectivity index (χ0) is 31.0. The molecule has 0 aliphatic carbocycles. The molecule has 5 heterocycles. The van der Waals surface area contributed by atoms with Gasteiger partial charge in [0.05, 0.1) is 11.7 Å². The Bertz CT molecular complexity index is 1710. The Kier molecular flexibility index (Phi) is 8.58. The van der Waals surface area contributed by atoms with Gasteiger partial charge in [-0.05, 0) is 6.92 Å². The monoisotopic (exact) mass is 668 g/mol. The van der Waals surface area contributed by atoms with Gasteiger partial charge in [0.15, 0.2) is 10.8 Å². The van der Waals surface area contributed by atoms with Gasteiger partial charge in [0.2, 0.25) is 17.8 Å². The second-order valence-electron chi connectivity index (χ2n) is 9.11. The van der Waals surface area contributed by atoms with Crippen molar-refractivity contribution in [2.75, 3.05) is 18.1 Å². The van der Waals surface area contributed by atoms with E-state index in [-0.39, 0.29) is 33.2 Å². The maximum atomic E-state index is 13.2. The smallest absolute Gasteiger partial charge is 0.344 e. The van der Waals surface area contributed by atoms with E-state index in [9.17, 15) is 29.1 Å². The van der Waals surface area contributed by atoms with Crippen LogP contribution in [0.3, 0.4) is 0 Å². The number of carboxylic acids is 2. The van der Waals surface area contributed by atoms with Crippen molar-refractivity contribution in [1.29, 1.82) is 0 Å². The molecule has 0 radical (unpaired) electrons. The Labute approximate surface area is 258 Å². The lowest BCUT2D eigenvalue weighted by atomic mass is 10.0. The molecule has 3 aromatic heterocycles. The first-order valence-corrected chi connectivity index (χ1v) is 15.3. The van der Waals surface area contributed by atoms with Crippen molar-refractivity contribution in [3.05, 3.63) is 44.9 Å². The van der Waals surface area contributed by atoms with Crippen LogP contribution in [0.15, 0.2) is 34.2 Å². The number of nitrogen functional groups attached to an aromatic ring is 1. The van der Waals surface area contributed by atoms with Gasteiger partial charge < -0.3 is 36.2 Å². The number of carbonyl (C=O) groups is 5. The number of aliphatic carboxylic acids is 2. The van der Waals surface area contributed by atoms with Gasteiger partial charge in [-0.2, -0.15) is 4.40 Å². The van der Waals surface area contributed by atoms with Crippen LogP contribution in [0, 0.1) is 0 Å². The first kappa shape index (κ1) is 30.3. The Balaban J connectivity index is 1.39. The summed E-state index contributed by atoms with van der Waals surface area (Å²) in [5.41, 5.74) is 5.06. The number of fused-ring (bicyclic) bond motifs is 2. The number of amides is 3. The average Bonchev–Trinajstić information content (AvgIpc) is 3.63. The third kappa shape index (κ3) is 5.75. The topological polar surface area (TPSA) is 225 Å². The number of nitrogens with one attached hydrogen (secondary N) is 2. The third-order valence-corrected chi connectivity index (χ3v) is 9.65. The summed E-state index contributed by atoms with van der Waals surface area (Å²) in [6, 6.07) is -1.57. The number of thiazole rings is 2. The number of anilines is 1. The second kappa shape index (κ2) is 12.2. The summed E-state index contributed by atoms with van der Waals surface area (Å²) in [5.74, 6) is -3.71. The zero-order valence-corrected chi connectivity index (χ0v) is 25.1. The van der Waals surface area contributed by atoms with Gasteiger partial charge in [-0.3, -0.25) is 19.3 Å². The van der Waals surface area contributed by atoms with E-state index in [1.165, 1.54) is 23.1 Å². The normalized spacial score (nSPS) is 19.1. The average molecular weight is 669 g/mol. The van der Waals surface area contributed by atoms with Gasteiger partial charge in [-0.1, -0.05) is 39.4 Å². The number of β-lactam (4-membered cyclic amide) rings is 1. The maximum absolute atomic E-state index is 13.2. The second-order valence-corrected chi connectivity index (χ2v) is 12.8. The van der Waals surface area contributed by atoms with Crippen molar-refractivity contribution in [2.24, 2.45) is 5.16 Å². The molecule has 2 aliphatic rings. The van der Waals surface area contributed by atoms with Crippen molar-refractivity contribution in [1.82, 2.24) is 24.9 Å². The lowest BCUT2D eigenvalue weighted by Gasteiger charge is -2.50. The number of carbonyl (C=O) groups excluding carboxylic acids is 4. The van der Waals surface area contributed by atoms with E-state index in [2.05, 4.69) is 20.8 Å². The molecule has 0 saturated carbocycles. The number of imidazole rings is 1. The lowest BCUT2D eigenvalue weighted by Crippen LogP contribution is -2.71. The van der Waals surface area contributed by atoms with Crippen LogP contribution >= 0.6 is 46.0 Å². The number of carboxylic acid groups (broad SMARTS) is 2. The molecule has 1 fully saturated rings. The Morgan fingerprint density at radius 3 is 2.86 bits per heavy atom. The molecule has 0 aromatic carbocycles. The molecular formula is C23H21ClN8O8S3. The molecule has 5 rings (SSSR count). The molecule has 0 spiro atoms. The van der Waals surface area contributed by atoms with E-state index in [1.807, 2.05) is 22.2 Å². The van der Waals surface area contributed by atoms with Gasteiger partial charge >= 0.3 is 5.97 Å². The molecule has 3 amide bonds. The predicted octanol–water partition coefficient (Wildman–Crippen LogP) is -1.30. The highest BCUT2D eigenvalue weighted by molar-refractivity contribution is 8.00. The van der Waals surface area contributed by atoms with Crippen LogP contribution in [0.5, 0.6) is 0 Å². The number of hydrogen-bond donors (Lipinski definition) is 4. The van der Waals surface area contributed by atoms with Crippen LogP contribution in [0.25, 0.3) is 4.83 Å². The maximum Gasteiger partial charge on any atom is 0.344 e. The Morgan fingerprint density at radius 2 is 2.21 bits per heavy atom. The van der Waals surface area contributed by atoms with Crippen LogP contribution < -0.4 is 26.0 Å². The first-order chi connectivity index (χ1) is 20.5. The highest BCUT2D eigenvalue weighted by Gasteiger charge is 2.53. The first-order valence-electron chi connectivity index (χ1n) is 12.2. The van der Waals surface area contributed by atoms with Gasteiger partial charge in [-0.15, -0.1) is 11.8 Å². The molecule has 5 N–H and O–H groups in total. The van der Waals surface area contributed by atoms with Crippen LogP contribution in [0.1, 0.15) is 24.5 Å². The molecule has 20 heteroatoms. The summed E-state index contributed by atoms with van der Waals surface area (Å²) in [6.45, 7) is 1.02. The minimum absolute atomic E-state index is 0.00385. The summed E-state index contributed by atoms with van der Waals surface area (Å²) < 4.78 is 3.66. The number of hydrogen-bond acceptors (Lipinski definition) is 13. The molecule has 2 aliphatic heterocycles. The van der Waals surface area contributed by atoms with E-state index in [4.69, 9.17) is 27.3 Å². The fraction of sp³-hybridized carbons (Fsp3) is 0.304. The van der Waals surface area contributed by atoms with E-state index in [1.54, 1.807) is 11.5 Å². The largest absolute Gasteiger partial charge is 0.543 e. The van der Waals surface area contributed by atoms with Crippen molar-refractivity contribution in [2.45, 2.75) is 30.9 Å². The summed E-state index contributed by atoms with van der Waals surface area (Å²) in [4.78, 5) is 71.3. The summed E-state index contributed by atoms with van der Waals surface area (Å²) in [7, 11) is 0. The van der Waals surface area contributed by atoms with Crippen molar-refractivity contribution in [3.8, 4) is 0 Å². The van der Waals surface area contributed by atoms with Crippen molar-refractivity contribution in [3.63, 3.8) is 0 Å². The van der Waals surface area contributed by atoms with E-state index in [0.717, 1.165) is 21.1 Å². The van der Waals surface area contributed by atoms with Gasteiger partial charge in [0.1, 0.15) is 46.4 Å². The van der Waals surface area contributed by atoms with E-state index >= 15 is 0 Å². The molecular weight excluding hydrogens is 648 g/mol. The number of thioether (sulfide) groups is 1. The van der Waals surface area contributed by atoms with Gasteiger partial charge in [0.25, 0.3) is 17.6 Å². The minimum Gasteiger partial charge on any atom is -0.543 e. The Morgan fingerprint density at radius 1 is 1.44 bits per heavy atom. The summed E-state index contributed by atoms with van der Waals surface area (Å²) in [5, 5.41) is 31.0.